The Morgan fingerprint density at radius 1 is 1.12 bits per heavy atom. The van der Waals surface area contributed by atoms with Crippen molar-refractivity contribution in [2.24, 2.45) is 0 Å². The van der Waals surface area contributed by atoms with Gasteiger partial charge in [-0.3, -0.25) is 9.69 Å². The van der Waals surface area contributed by atoms with Crippen LogP contribution in [-0.2, 0) is 11.3 Å². The lowest BCUT2D eigenvalue weighted by Gasteiger charge is -2.39. The fourth-order valence-electron chi connectivity index (χ4n) is 5.17. The third-order valence-electron chi connectivity index (χ3n) is 7.15. The van der Waals surface area contributed by atoms with Crippen LogP contribution in [0.5, 0.6) is 5.75 Å². The van der Waals surface area contributed by atoms with E-state index in [1.165, 1.54) is 34.9 Å². The zero-order chi connectivity index (χ0) is 23.5. The van der Waals surface area contributed by atoms with Gasteiger partial charge in [-0.25, -0.2) is 4.39 Å². The molecular formula is C26H32ClFN2O3. The zero-order valence-electron chi connectivity index (χ0n) is 19.5. The molecule has 3 atom stereocenters. The molecule has 0 aliphatic carbocycles. The van der Waals surface area contributed by atoms with Gasteiger partial charge < -0.3 is 14.8 Å². The van der Waals surface area contributed by atoms with E-state index in [0.29, 0.717) is 30.9 Å². The second kappa shape index (κ2) is 10.4. The van der Waals surface area contributed by atoms with Crippen LogP contribution in [0.1, 0.15) is 52.7 Å². The SMILES string of the molecule is COCCOc1ccc(CN2[C@@H]3CC[C@H]2CC(NC(=O)c2ccc(F)c(Cl)c2)C3)c(C)c1C. The van der Waals surface area contributed by atoms with E-state index in [4.69, 9.17) is 21.1 Å². The fourth-order valence-corrected chi connectivity index (χ4v) is 5.35. The van der Waals surface area contributed by atoms with Crippen LogP contribution in [0, 0.1) is 19.7 Å². The van der Waals surface area contributed by atoms with Gasteiger partial charge in [-0.1, -0.05) is 17.7 Å². The number of nitrogens with zero attached hydrogens (tertiary/aromatic N) is 1. The lowest BCUT2D eigenvalue weighted by Crippen LogP contribution is -2.50. The van der Waals surface area contributed by atoms with Crippen molar-refractivity contribution in [1.82, 2.24) is 10.2 Å². The van der Waals surface area contributed by atoms with Gasteiger partial charge in [-0.2, -0.15) is 0 Å². The number of nitrogens with one attached hydrogen (secondary N) is 1. The smallest absolute Gasteiger partial charge is 0.251 e. The third-order valence-corrected chi connectivity index (χ3v) is 7.44. The Bertz CT molecular complexity index is 1000. The van der Waals surface area contributed by atoms with Crippen molar-refractivity contribution in [3.8, 4) is 5.75 Å². The maximum atomic E-state index is 13.4. The van der Waals surface area contributed by atoms with Crippen molar-refractivity contribution >= 4 is 17.5 Å². The molecule has 0 radical (unpaired) electrons. The number of amides is 1. The predicted molar refractivity (Wildman–Crippen MR) is 128 cm³/mol. The number of fused-ring (bicyclic) bond motifs is 2. The summed E-state index contributed by atoms with van der Waals surface area (Å²) in [5.41, 5.74) is 4.17. The number of hydrogen-bond donors (Lipinski definition) is 1. The molecule has 2 aromatic rings. The standard InChI is InChI=1S/C26H32ClFN2O3/c1-16-17(2)25(33-11-10-32-3)9-5-19(16)15-30-21-6-7-22(30)14-20(13-21)29-26(31)18-4-8-24(28)23(27)12-18/h4-5,8-9,12,20-22H,6-7,10-11,13-15H2,1-3H3,(H,29,31)/t20?,21-,22+. The molecule has 0 saturated carbocycles. The molecule has 178 valence electrons. The molecule has 2 bridgehead atoms. The quantitative estimate of drug-likeness (QED) is 0.544. The van der Waals surface area contributed by atoms with Crippen molar-refractivity contribution in [3.05, 3.63) is 63.4 Å². The van der Waals surface area contributed by atoms with Crippen molar-refractivity contribution in [2.45, 2.75) is 64.2 Å². The third kappa shape index (κ3) is 5.34. The number of methoxy groups -OCH3 is 1. The highest BCUT2D eigenvalue weighted by Crippen LogP contribution is 2.38. The van der Waals surface area contributed by atoms with Gasteiger partial charge in [-0.05, 0) is 80.5 Å². The number of hydrogen-bond acceptors (Lipinski definition) is 4. The lowest BCUT2D eigenvalue weighted by molar-refractivity contribution is 0.0827. The first kappa shape index (κ1) is 24.0. The Morgan fingerprint density at radius 2 is 1.85 bits per heavy atom. The predicted octanol–water partition coefficient (Wildman–Crippen LogP) is 5.05. The van der Waals surface area contributed by atoms with E-state index in [9.17, 15) is 9.18 Å². The highest BCUT2D eigenvalue weighted by atomic mass is 35.5. The van der Waals surface area contributed by atoms with Crippen molar-refractivity contribution < 1.29 is 18.7 Å². The Hall–Kier alpha value is -2.15. The van der Waals surface area contributed by atoms with Gasteiger partial charge in [0.15, 0.2) is 0 Å². The molecular weight excluding hydrogens is 443 g/mol. The molecule has 2 aromatic carbocycles. The Balaban J connectivity index is 1.38. The summed E-state index contributed by atoms with van der Waals surface area (Å²) in [6.45, 7) is 6.30. The molecule has 2 saturated heterocycles. The van der Waals surface area contributed by atoms with Gasteiger partial charge in [0.05, 0.1) is 11.6 Å². The first-order valence-corrected chi connectivity index (χ1v) is 12.0. The summed E-state index contributed by atoms with van der Waals surface area (Å²) in [6, 6.07) is 9.37. The molecule has 7 heteroatoms. The lowest BCUT2D eigenvalue weighted by atomic mass is 9.94. The van der Waals surface area contributed by atoms with E-state index in [1.807, 2.05) is 0 Å². The van der Waals surface area contributed by atoms with Crippen LogP contribution in [0.15, 0.2) is 30.3 Å². The van der Waals surface area contributed by atoms with Crippen LogP contribution in [0.2, 0.25) is 5.02 Å². The summed E-state index contributed by atoms with van der Waals surface area (Å²) in [5.74, 6) is 0.212. The number of carbonyl (C=O) groups excluding carboxylic acids is 1. The number of benzene rings is 2. The number of carbonyl (C=O) groups is 1. The van der Waals surface area contributed by atoms with E-state index in [2.05, 4.69) is 36.2 Å². The minimum Gasteiger partial charge on any atom is -0.491 e. The van der Waals surface area contributed by atoms with Gasteiger partial charge >= 0.3 is 0 Å². The molecule has 0 spiro atoms. The Labute approximate surface area is 200 Å². The summed E-state index contributed by atoms with van der Waals surface area (Å²) in [7, 11) is 1.67. The summed E-state index contributed by atoms with van der Waals surface area (Å²) < 4.78 is 24.3. The topological polar surface area (TPSA) is 50.8 Å². The van der Waals surface area contributed by atoms with Crippen LogP contribution in [0.3, 0.4) is 0 Å². The van der Waals surface area contributed by atoms with Gasteiger partial charge in [0.2, 0.25) is 0 Å². The monoisotopic (exact) mass is 474 g/mol. The molecule has 1 N–H and O–H groups in total. The Morgan fingerprint density at radius 3 is 2.52 bits per heavy atom. The first-order chi connectivity index (χ1) is 15.9. The summed E-state index contributed by atoms with van der Waals surface area (Å²) >= 11 is 5.84. The molecule has 2 fully saturated rings. The van der Waals surface area contributed by atoms with Crippen molar-refractivity contribution in [1.29, 1.82) is 0 Å². The van der Waals surface area contributed by atoms with E-state index in [0.717, 1.165) is 38.0 Å². The summed E-state index contributed by atoms with van der Waals surface area (Å²) in [5, 5.41) is 3.12. The minimum absolute atomic E-state index is 0.0293. The molecule has 1 unspecified atom stereocenters. The second-order valence-electron chi connectivity index (χ2n) is 9.14. The van der Waals surface area contributed by atoms with E-state index in [1.54, 1.807) is 7.11 Å². The first-order valence-electron chi connectivity index (χ1n) is 11.6. The van der Waals surface area contributed by atoms with Crippen molar-refractivity contribution in [2.75, 3.05) is 20.3 Å². The van der Waals surface area contributed by atoms with Crippen molar-refractivity contribution in [3.63, 3.8) is 0 Å². The fraction of sp³-hybridized carbons (Fsp3) is 0.500. The zero-order valence-corrected chi connectivity index (χ0v) is 20.3. The van der Waals surface area contributed by atoms with E-state index >= 15 is 0 Å². The van der Waals surface area contributed by atoms with Gasteiger partial charge in [0, 0.05) is 37.3 Å². The van der Waals surface area contributed by atoms with Crippen LogP contribution < -0.4 is 10.1 Å². The average Bonchev–Trinajstić information content (AvgIpc) is 3.02. The largest absolute Gasteiger partial charge is 0.491 e. The number of rotatable bonds is 8. The summed E-state index contributed by atoms with van der Waals surface area (Å²) in [6.07, 6.45) is 4.14. The Kier molecular flexibility index (Phi) is 7.57. The molecule has 1 amide bonds. The van der Waals surface area contributed by atoms with Crippen LogP contribution in [0.25, 0.3) is 0 Å². The highest BCUT2D eigenvalue weighted by molar-refractivity contribution is 6.31. The van der Waals surface area contributed by atoms with Crippen LogP contribution in [-0.4, -0.2) is 49.3 Å². The molecule has 2 aliphatic heterocycles. The maximum absolute atomic E-state index is 13.4. The van der Waals surface area contributed by atoms with Gasteiger partial charge in [0.25, 0.3) is 5.91 Å². The molecule has 33 heavy (non-hydrogen) atoms. The summed E-state index contributed by atoms with van der Waals surface area (Å²) in [4.78, 5) is 15.3. The molecule has 4 rings (SSSR count). The molecule has 2 heterocycles. The number of piperidine rings is 1. The normalized spacial score (nSPS) is 22.4. The average molecular weight is 475 g/mol. The number of ether oxygens (including phenoxy) is 2. The highest BCUT2D eigenvalue weighted by Gasteiger charge is 2.41. The maximum Gasteiger partial charge on any atom is 0.251 e. The molecule has 2 aliphatic rings. The minimum atomic E-state index is -0.514. The van der Waals surface area contributed by atoms with Crippen LogP contribution in [0.4, 0.5) is 4.39 Å². The van der Waals surface area contributed by atoms with E-state index in [-0.39, 0.29) is 17.0 Å². The van der Waals surface area contributed by atoms with Crippen LogP contribution >= 0.6 is 11.6 Å². The second-order valence-corrected chi connectivity index (χ2v) is 9.55. The van der Waals surface area contributed by atoms with E-state index < -0.39 is 5.82 Å². The van der Waals surface area contributed by atoms with Gasteiger partial charge in [0.1, 0.15) is 18.2 Å². The van der Waals surface area contributed by atoms with Gasteiger partial charge in [-0.15, -0.1) is 0 Å². The molecule has 0 aromatic heterocycles. The number of halogens is 2. The molecule has 5 nitrogen and oxygen atoms in total.